The fourth-order valence-corrected chi connectivity index (χ4v) is 0. The van der Waals surface area contributed by atoms with Gasteiger partial charge in [-0.2, -0.15) is 0 Å². The standard InChI is InChI=1S/BO3.ClO.4Na/c2-1(3)4;1-2;;;;/q-3;-1;4*+1. The summed E-state index contributed by atoms with van der Waals surface area (Å²) in [5, 5.41) is 25.2. The molecule has 0 rings (SSSR count). The van der Waals surface area contributed by atoms with Gasteiger partial charge in [-0.25, -0.2) is 11.9 Å². The van der Waals surface area contributed by atoms with Gasteiger partial charge in [-0.15, -0.1) is 0 Å². The third-order valence-electron chi connectivity index (χ3n) is 0. The summed E-state index contributed by atoms with van der Waals surface area (Å²) in [6, 6.07) is 0. The predicted molar refractivity (Wildman–Crippen MR) is 11.6 cm³/mol. The van der Waals surface area contributed by atoms with E-state index >= 15 is 0 Å². The Morgan fingerprint density at radius 3 is 0.700 bits per heavy atom. The second-order valence-corrected chi connectivity index (χ2v) is 0.289. The van der Waals surface area contributed by atoms with Crippen LogP contribution in [0.1, 0.15) is 0 Å². The zero-order valence-corrected chi connectivity index (χ0v) is 15.3. The third kappa shape index (κ3) is 86.9. The molecule has 0 unspecified atom stereocenters. The molecule has 0 fully saturated rings. The van der Waals surface area contributed by atoms with Gasteiger partial charge in [0.1, 0.15) is 0 Å². The summed E-state index contributed by atoms with van der Waals surface area (Å²) in [7, 11) is -2.92. The van der Waals surface area contributed by atoms with Crippen LogP contribution in [0, 0.1) is 0 Å². The second kappa shape index (κ2) is 37.9. The summed E-state index contributed by atoms with van der Waals surface area (Å²) in [6.45, 7) is 0. The normalized spacial score (nSPS) is 3.30. The van der Waals surface area contributed by atoms with Gasteiger partial charge in [0.05, 0.1) is 0 Å². The minimum absolute atomic E-state index is 0. The zero-order chi connectivity index (χ0) is 5.58. The van der Waals surface area contributed by atoms with Crippen LogP contribution in [-0.4, -0.2) is 7.32 Å². The molecular formula is BClNa4O4. The predicted octanol–water partition coefficient (Wildman–Crippen LogP) is -16.4. The van der Waals surface area contributed by atoms with Crippen LogP contribution < -0.4 is 138 Å². The summed E-state index contributed by atoms with van der Waals surface area (Å²) in [5.41, 5.74) is 0. The van der Waals surface area contributed by atoms with Gasteiger partial charge in [-0.1, -0.05) is 0 Å². The van der Waals surface area contributed by atoms with Gasteiger partial charge in [0.25, 0.3) is 0 Å². The van der Waals surface area contributed by atoms with Crippen molar-refractivity contribution in [1.82, 2.24) is 0 Å². The minimum atomic E-state index is -2.92. The molecule has 0 aromatic rings. The molecule has 0 atom stereocenters. The average Bonchev–Trinajstić information content (AvgIpc) is 1.41. The van der Waals surface area contributed by atoms with E-state index in [9.17, 15) is 0 Å². The molecule has 4 nitrogen and oxygen atoms in total. The number of halogens is 1. The second-order valence-electron chi connectivity index (χ2n) is 0.289. The van der Waals surface area contributed by atoms with Crippen LogP contribution in [0.3, 0.4) is 0 Å². The maximum atomic E-state index is 8.42. The molecule has 38 valence electrons. The summed E-state index contributed by atoms with van der Waals surface area (Å²) in [6.07, 6.45) is 0. The fourth-order valence-electron chi connectivity index (χ4n) is 0. The molecular weight excluding hydrogens is 202 g/mol. The maximum Gasteiger partial charge on any atom is 1.00 e. The molecule has 0 amide bonds. The van der Waals surface area contributed by atoms with Crippen molar-refractivity contribution in [2.75, 3.05) is 0 Å². The van der Waals surface area contributed by atoms with E-state index in [2.05, 4.69) is 11.9 Å². The van der Waals surface area contributed by atoms with Crippen LogP contribution in [0.25, 0.3) is 0 Å². The first kappa shape index (κ1) is 36.8. The first-order valence-corrected chi connectivity index (χ1v) is 1.17. The van der Waals surface area contributed by atoms with Crippen molar-refractivity contribution in [3.63, 3.8) is 0 Å². The van der Waals surface area contributed by atoms with Gasteiger partial charge in [-0.3, -0.25) is 7.32 Å². The molecule has 0 aliphatic rings. The summed E-state index contributed by atoms with van der Waals surface area (Å²) in [4.78, 5) is 0. The molecule has 10 heavy (non-hydrogen) atoms. The van der Waals surface area contributed by atoms with Crippen molar-refractivity contribution in [3.05, 3.63) is 0 Å². The van der Waals surface area contributed by atoms with Crippen LogP contribution in [0.4, 0.5) is 0 Å². The van der Waals surface area contributed by atoms with Crippen LogP contribution in [0.2, 0.25) is 0 Å². The van der Waals surface area contributed by atoms with Gasteiger partial charge < -0.3 is 19.7 Å². The fraction of sp³-hybridized carbons (Fsp3) is 0. The Morgan fingerprint density at radius 1 is 0.700 bits per heavy atom. The van der Waals surface area contributed by atoms with Crippen LogP contribution in [-0.2, 0) is 0 Å². The molecule has 0 aliphatic heterocycles. The topological polar surface area (TPSA) is 92.2 Å². The summed E-state index contributed by atoms with van der Waals surface area (Å²) >= 11 is 3.39. The number of hydrogen-bond acceptors (Lipinski definition) is 4. The van der Waals surface area contributed by atoms with E-state index in [1.807, 2.05) is 0 Å². The Kier molecular flexibility index (Phi) is 139. The van der Waals surface area contributed by atoms with Crippen LogP contribution >= 0.6 is 11.9 Å². The first-order chi connectivity index (χ1) is 2.73. The van der Waals surface area contributed by atoms with Gasteiger partial charge in [0.15, 0.2) is 0 Å². The van der Waals surface area contributed by atoms with E-state index in [4.69, 9.17) is 19.7 Å². The minimum Gasteiger partial charge on any atom is -0.907 e. The molecule has 0 spiro atoms. The Morgan fingerprint density at radius 2 is 0.700 bits per heavy atom. The maximum absolute atomic E-state index is 8.42. The van der Waals surface area contributed by atoms with Crippen molar-refractivity contribution in [2.45, 2.75) is 0 Å². The van der Waals surface area contributed by atoms with Crippen LogP contribution in [0.15, 0.2) is 0 Å². The number of hydrogen-bond donors (Lipinski definition) is 0. The molecule has 10 heteroatoms. The van der Waals surface area contributed by atoms with E-state index < -0.39 is 7.32 Å². The summed E-state index contributed by atoms with van der Waals surface area (Å²) in [5.74, 6) is 0. The smallest absolute Gasteiger partial charge is 0.907 e. The van der Waals surface area contributed by atoms with Gasteiger partial charge in [0, 0.05) is 0 Å². The first-order valence-electron chi connectivity index (χ1n) is 0.861. The van der Waals surface area contributed by atoms with Crippen molar-refractivity contribution in [3.8, 4) is 0 Å². The molecule has 0 saturated heterocycles. The third-order valence-corrected chi connectivity index (χ3v) is 0. The molecule has 0 aromatic heterocycles. The Hall–Kier alpha value is 4.19. The average molecular weight is 202 g/mol. The molecule has 0 saturated carbocycles. The van der Waals surface area contributed by atoms with E-state index in [1.165, 1.54) is 0 Å². The van der Waals surface area contributed by atoms with Crippen molar-refractivity contribution in [2.24, 2.45) is 0 Å². The molecule has 0 bridgehead atoms. The zero-order valence-electron chi connectivity index (χ0n) is 6.59. The van der Waals surface area contributed by atoms with E-state index in [-0.39, 0.29) is 118 Å². The van der Waals surface area contributed by atoms with E-state index in [1.54, 1.807) is 0 Å². The Labute approximate surface area is 154 Å². The molecule has 0 aromatic carbocycles. The molecule has 0 heterocycles. The van der Waals surface area contributed by atoms with Crippen molar-refractivity contribution >= 4 is 19.2 Å². The quantitative estimate of drug-likeness (QED) is 0.365. The Balaban J connectivity index is -0.00000000625. The van der Waals surface area contributed by atoms with Gasteiger partial charge >= 0.3 is 118 Å². The van der Waals surface area contributed by atoms with Gasteiger partial charge in [-0.05, 0) is 0 Å². The van der Waals surface area contributed by atoms with E-state index in [0.717, 1.165) is 0 Å². The molecule has 0 radical (unpaired) electrons. The van der Waals surface area contributed by atoms with Crippen LogP contribution in [0.5, 0.6) is 0 Å². The monoisotopic (exact) mass is 202 g/mol. The molecule has 0 N–H and O–H groups in total. The van der Waals surface area contributed by atoms with Crippen molar-refractivity contribution < 1.29 is 138 Å². The van der Waals surface area contributed by atoms with Gasteiger partial charge in [0.2, 0.25) is 0 Å². The van der Waals surface area contributed by atoms with E-state index in [0.29, 0.717) is 0 Å². The largest absolute Gasteiger partial charge is 1.00 e. The Bertz CT molecular complexity index is 22.0. The summed E-state index contributed by atoms with van der Waals surface area (Å²) < 4.78 is 7.72. The number of rotatable bonds is 0. The van der Waals surface area contributed by atoms with Crippen molar-refractivity contribution in [1.29, 1.82) is 0 Å². The SMILES string of the molecule is [Na+].[Na+].[Na+].[Na+].[O-]B([O-])[O-].[O-]Cl. The molecule has 0 aliphatic carbocycles.